The van der Waals surface area contributed by atoms with E-state index in [2.05, 4.69) is 19.9 Å². The summed E-state index contributed by atoms with van der Waals surface area (Å²) >= 11 is 0. The Kier molecular flexibility index (Phi) is 6.18. The predicted molar refractivity (Wildman–Crippen MR) is 48.5 cm³/mol. The highest BCUT2D eigenvalue weighted by atomic mass is 16.5. The van der Waals surface area contributed by atoms with E-state index in [0.29, 0.717) is 5.92 Å². The van der Waals surface area contributed by atoms with E-state index in [9.17, 15) is 0 Å². The van der Waals surface area contributed by atoms with E-state index in [4.69, 9.17) is 10.5 Å². The molecule has 0 radical (unpaired) electrons. The van der Waals surface area contributed by atoms with Gasteiger partial charge in [0.15, 0.2) is 0 Å². The zero-order valence-electron chi connectivity index (χ0n) is 7.76. The van der Waals surface area contributed by atoms with Gasteiger partial charge in [-0.3, -0.25) is 0 Å². The zero-order valence-corrected chi connectivity index (χ0v) is 7.76. The summed E-state index contributed by atoms with van der Waals surface area (Å²) < 4.78 is 5.03. The Morgan fingerprint density at radius 1 is 1.64 bits per heavy atom. The minimum absolute atomic E-state index is 0.520. The van der Waals surface area contributed by atoms with Gasteiger partial charge in [-0.05, 0) is 19.9 Å². The molecule has 0 aromatic carbocycles. The molecular weight excluding hydrogens is 138 g/mol. The third kappa shape index (κ3) is 4.99. The van der Waals surface area contributed by atoms with Crippen molar-refractivity contribution in [3.8, 4) is 0 Å². The first kappa shape index (κ1) is 10.7. The Morgan fingerprint density at radius 2 is 2.27 bits per heavy atom. The van der Waals surface area contributed by atoms with Crippen LogP contribution in [0.5, 0.6) is 0 Å². The number of nitrogens with two attached hydrogens (primary N) is 1. The third-order valence-corrected chi connectivity index (χ3v) is 1.83. The molecule has 2 heteroatoms. The lowest BCUT2D eigenvalue weighted by Crippen LogP contribution is -2.05. The Balaban J connectivity index is 3.69. The highest BCUT2D eigenvalue weighted by molar-refractivity contribution is 5.02. The molecule has 2 N–H and O–H groups in total. The minimum atomic E-state index is 0.520. The Hall–Kier alpha value is -0.340. The lowest BCUT2D eigenvalue weighted by atomic mass is 10.0. The van der Waals surface area contributed by atoms with Crippen molar-refractivity contribution < 1.29 is 4.74 Å². The highest BCUT2D eigenvalue weighted by Crippen LogP contribution is 2.09. The first-order valence-electron chi connectivity index (χ1n) is 4.08. The zero-order chi connectivity index (χ0) is 8.69. The standard InChI is InChI=1S/C9H19NO/c1-8(5-4-6-10)9(2)7-11-3/h5,9H,4,6-7,10H2,1-3H3. The van der Waals surface area contributed by atoms with Crippen molar-refractivity contribution in [3.05, 3.63) is 11.6 Å². The number of hydrogen-bond donors (Lipinski definition) is 1. The van der Waals surface area contributed by atoms with Gasteiger partial charge in [0, 0.05) is 13.0 Å². The largest absolute Gasteiger partial charge is 0.384 e. The summed E-state index contributed by atoms with van der Waals surface area (Å²) in [5, 5.41) is 0. The van der Waals surface area contributed by atoms with Gasteiger partial charge >= 0.3 is 0 Å². The van der Waals surface area contributed by atoms with Crippen molar-refractivity contribution in [1.82, 2.24) is 0 Å². The van der Waals surface area contributed by atoms with Gasteiger partial charge in [0.1, 0.15) is 0 Å². The van der Waals surface area contributed by atoms with Crippen molar-refractivity contribution in [2.75, 3.05) is 20.3 Å². The van der Waals surface area contributed by atoms with Crippen molar-refractivity contribution >= 4 is 0 Å². The maximum atomic E-state index is 5.38. The van der Waals surface area contributed by atoms with Gasteiger partial charge in [0.05, 0.1) is 6.61 Å². The van der Waals surface area contributed by atoms with Crippen molar-refractivity contribution in [3.63, 3.8) is 0 Å². The maximum Gasteiger partial charge on any atom is 0.0524 e. The number of hydrogen-bond acceptors (Lipinski definition) is 2. The molecule has 0 amide bonds. The fraction of sp³-hybridized carbons (Fsp3) is 0.778. The predicted octanol–water partition coefficient (Wildman–Crippen LogP) is 1.56. The lowest BCUT2D eigenvalue weighted by molar-refractivity contribution is 0.172. The molecule has 66 valence electrons. The summed E-state index contributed by atoms with van der Waals surface area (Å²) in [7, 11) is 1.73. The molecule has 0 saturated heterocycles. The second kappa shape index (κ2) is 6.38. The summed E-state index contributed by atoms with van der Waals surface area (Å²) in [6, 6.07) is 0. The molecule has 0 aliphatic carbocycles. The topological polar surface area (TPSA) is 35.2 Å². The van der Waals surface area contributed by atoms with Crippen LogP contribution >= 0.6 is 0 Å². The normalized spacial score (nSPS) is 15.1. The van der Waals surface area contributed by atoms with E-state index in [1.165, 1.54) is 5.57 Å². The molecular formula is C9H19NO. The average molecular weight is 157 g/mol. The lowest BCUT2D eigenvalue weighted by Gasteiger charge is -2.10. The SMILES string of the molecule is COCC(C)C(C)=CCCN. The van der Waals surface area contributed by atoms with Gasteiger partial charge in [-0.2, -0.15) is 0 Å². The van der Waals surface area contributed by atoms with Crippen LogP contribution in [0.2, 0.25) is 0 Å². The average Bonchev–Trinajstić information content (AvgIpc) is 2.00. The summed E-state index contributed by atoms with van der Waals surface area (Å²) in [6.07, 6.45) is 3.16. The third-order valence-electron chi connectivity index (χ3n) is 1.83. The van der Waals surface area contributed by atoms with Crippen LogP contribution in [0.15, 0.2) is 11.6 Å². The first-order chi connectivity index (χ1) is 5.22. The van der Waals surface area contributed by atoms with Gasteiger partial charge in [-0.15, -0.1) is 0 Å². The summed E-state index contributed by atoms with van der Waals surface area (Å²) in [5.41, 5.74) is 6.75. The molecule has 2 nitrogen and oxygen atoms in total. The van der Waals surface area contributed by atoms with Crippen LogP contribution in [0.1, 0.15) is 20.3 Å². The molecule has 0 aromatic rings. The monoisotopic (exact) mass is 157 g/mol. The molecule has 0 bridgehead atoms. The summed E-state index contributed by atoms with van der Waals surface area (Å²) in [4.78, 5) is 0. The molecule has 0 saturated carbocycles. The van der Waals surface area contributed by atoms with Crippen LogP contribution in [0.4, 0.5) is 0 Å². The molecule has 0 heterocycles. The van der Waals surface area contributed by atoms with Crippen LogP contribution in [0, 0.1) is 5.92 Å². The second-order valence-electron chi connectivity index (χ2n) is 2.88. The van der Waals surface area contributed by atoms with Crippen LogP contribution in [-0.4, -0.2) is 20.3 Å². The molecule has 0 spiro atoms. The molecule has 11 heavy (non-hydrogen) atoms. The van der Waals surface area contributed by atoms with Crippen molar-refractivity contribution in [1.29, 1.82) is 0 Å². The van der Waals surface area contributed by atoms with Crippen molar-refractivity contribution in [2.24, 2.45) is 11.7 Å². The Morgan fingerprint density at radius 3 is 2.73 bits per heavy atom. The van der Waals surface area contributed by atoms with E-state index in [1.54, 1.807) is 7.11 Å². The smallest absolute Gasteiger partial charge is 0.0524 e. The molecule has 0 aliphatic heterocycles. The summed E-state index contributed by atoms with van der Waals surface area (Å²) in [5.74, 6) is 0.520. The highest BCUT2D eigenvalue weighted by Gasteiger charge is 2.01. The molecule has 0 rings (SSSR count). The van der Waals surface area contributed by atoms with E-state index >= 15 is 0 Å². The maximum absolute atomic E-state index is 5.38. The van der Waals surface area contributed by atoms with E-state index < -0.39 is 0 Å². The van der Waals surface area contributed by atoms with Crippen LogP contribution < -0.4 is 5.73 Å². The molecule has 0 aromatic heterocycles. The van der Waals surface area contributed by atoms with Crippen LogP contribution in [0.25, 0.3) is 0 Å². The van der Waals surface area contributed by atoms with Gasteiger partial charge in [0.2, 0.25) is 0 Å². The second-order valence-corrected chi connectivity index (χ2v) is 2.88. The van der Waals surface area contributed by atoms with E-state index in [-0.39, 0.29) is 0 Å². The summed E-state index contributed by atoms with van der Waals surface area (Å²) in [6.45, 7) is 5.81. The molecule has 0 fully saturated rings. The van der Waals surface area contributed by atoms with Gasteiger partial charge in [-0.25, -0.2) is 0 Å². The van der Waals surface area contributed by atoms with Gasteiger partial charge in [0.25, 0.3) is 0 Å². The van der Waals surface area contributed by atoms with Gasteiger partial charge in [-0.1, -0.05) is 18.6 Å². The number of ether oxygens (including phenoxy) is 1. The first-order valence-corrected chi connectivity index (χ1v) is 4.08. The number of methoxy groups -OCH3 is 1. The molecule has 1 unspecified atom stereocenters. The van der Waals surface area contributed by atoms with E-state index in [1.807, 2.05) is 0 Å². The molecule has 1 atom stereocenters. The van der Waals surface area contributed by atoms with E-state index in [0.717, 1.165) is 19.6 Å². The van der Waals surface area contributed by atoms with Crippen LogP contribution in [-0.2, 0) is 4.74 Å². The minimum Gasteiger partial charge on any atom is -0.384 e. The van der Waals surface area contributed by atoms with Crippen LogP contribution in [0.3, 0.4) is 0 Å². The molecule has 0 aliphatic rings. The van der Waals surface area contributed by atoms with Crippen molar-refractivity contribution in [2.45, 2.75) is 20.3 Å². The fourth-order valence-corrected chi connectivity index (χ4v) is 0.894. The fourth-order valence-electron chi connectivity index (χ4n) is 0.894. The number of rotatable bonds is 5. The quantitative estimate of drug-likeness (QED) is 0.615. The van der Waals surface area contributed by atoms with Gasteiger partial charge < -0.3 is 10.5 Å². The Labute approximate surface area is 69.4 Å². The Bertz CT molecular complexity index is 121.